The summed E-state index contributed by atoms with van der Waals surface area (Å²) in [6.07, 6.45) is 0.915. The van der Waals surface area contributed by atoms with Crippen LogP contribution in [-0.4, -0.2) is 33.9 Å². The van der Waals surface area contributed by atoms with Crippen LogP contribution in [0.3, 0.4) is 0 Å². The molecule has 0 unspecified atom stereocenters. The van der Waals surface area contributed by atoms with E-state index in [2.05, 4.69) is 4.72 Å². The molecule has 0 aromatic heterocycles. The fourth-order valence-electron chi connectivity index (χ4n) is 0.780. The Labute approximate surface area is 85.1 Å². The lowest BCUT2D eigenvalue weighted by Crippen LogP contribution is -2.29. The normalized spacial score (nSPS) is 11.1. The molecule has 5 nitrogen and oxygen atoms in total. The summed E-state index contributed by atoms with van der Waals surface area (Å²) in [5.41, 5.74) is 0. The molecule has 0 aliphatic heterocycles. The standard InChI is InChI=1S/C8H16N2O3S/c1-2-13-7-8-14(11,12)10-6-4-3-5-9/h10H,2-4,6-8H2,1H3. The van der Waals surface area contributed by atoms with E-state index in [0.717, 1.165) is 0 Å². The van der Waals surface area contributed by atoms with Crippen LogP contribution in [0.4, 0.5) is 0 Å². The van der Waals surface area contributed by atoms with Crippen LogP contribution in [0.25, 0.3) is 0 Å². The zero-order valence-corrected chi connectivity index (χ0v) is 9.14. The maximum Gasteiger partial charge on any atom is 0.213 e. The van der Waals surface area contributed by atoms with E-state index in [1.165, 1.54) is 0 Å². The van der Waals surface area contributed by atoms with Gasteiger partial charge in [-0.3, -0.25) is 0 Å². The predicted octanol–water partition coefficient (Wildman–Crippen LogP) is 0.246. The molecule has 0 saturated carbocycles. The Hall–Kier alpha value is -0.640. The Balaban J connectivity index is 3.58. The lowest BCUT2D eigenvalue weighted by Gasteiger charge is -2.05. The molecule has 0 aromatic carbocycles. The lowest BCUT2D eigenvalue weighted by atomic mass is 10.3. The topological polar surface area (TPSA) is 79.2 Å². The number of hydrogen-bond acceptors (Lipinski definition) is 4. The zero-order chi connectivity index (χ0) is 10.9. The number of nitrogens with one attached hydrogen (secondary N) is 1. The third-order valence-electron chi connectivity index (χ3n) is 1.49. The van der Waals surface area contributed by atoms with E-state index >= 15 is 0 Å². The van der Waals surface area contributed by atoms with E-state index in [-0.39, 0.29) is 12.4 Å². The molecule has 6 heteroatoms. The summed E-state index contributed by atoms with van der Waals surface area (Å²) >= 11 is 0. The molecule has 82 valence electrons. The molecule has 0 heterocycles. The van der Waals surface area contributed by atoms with Crippen molar-refractivity contribution in [2.45, 2.75) is 19.8 Å². The van der Waals surface area contributed by atoms with Gasteiger partial charge in [-0.1, -0.05) is 0 Å². The molecule has 0 spiro atoms. The number of sulfonamides is 1. The second kappa shape index (κ2) is 7.74. The molecule has 1 N–H and O–H groups in total. The second-order valence-electron chi connectivity index (χ2n) is 2.67. The summed E-state index contributed by atoms with van der Waals surface area (Å²) in [7, 11) is -3.22. The summed E-state index contributed by atoms with van der Waals surface area (Å²) in [6, 6.07) is 1.95. The summed E-state index contributed by atoms with van der Waals surface area (Å²) in [5.74, 6) is -0.0204. The Kier molecular flexibility index (Phi) is 7.38. The van der Waals surface area contributed by atoms with Gasteiger partial charge in [0, 0.05) is 19.6 Å². The fraction of sp³-hybridized carbons (Fsp3) is 0.875. The Morgan fingerprint density at radius 3 is 2.79 bits per heavy atom. The van der Waals surface area contributed by atoms with E-state index in [0.29, 0.717) is 26.0 Å². The smallest absolute Gasteiger partial charge is 0.213 e. The zero-order valence-electron chi connectivity index (χ0n) is 8.32. The van der Waals surface area contributed by atoms with Gasteiger partial charge in [0.1, 0.15) is 0 Å². The molecule has 0 saturated heterocycles. The number of ether oxygens (including phenoxy) is 1. The predicted molar refractivity (Wildman–Crippen MR) is 53.1 cm³/mol. The van der Waals surface area contributed by atoms with Crippen molar-refractivity contribution in [2.75, 3.05) is 25.5 Å². The first-order chi connectivity index (χ1) is 6.62. The summed E-state index contributed by atoms with van der Waals surface area (Å²) in [5, 5.41) is 8.22. The van der Waals surface area contributed by atoms with E-state index < -0.39 is 10.0 Å². The SMILES string of the molecule is CCOCCS(=O)(=O)NCCCC#N. The largest absolute Gasteiger partial charge is 0.381 e. The third-order valence-corrected chi connectivity index (χ3v) is 2.84. The van der Waals surface area contributed by atoms with Gasteiger partial charge in [-0.25, -0.2) is 13.1 Å². The molecule has 14 heavy (non-hydrogen) atoms. The molecule has 0 aliphatic carbocycles. The third kappa shape index (κ3) is 7.98. The van der Waals surface area contributed by atoms with Gasteiger partial charge in [0.05, 0.1) is 18.4 Å². The Morgan fingerprint density at radius 2 is 2.21 bits per heavy atom. The number of rotatable bonds is 8. The van der Waals surface area contributed by atoms with Crippen molar-refractivity contribution in [3.05, 3.63) is 0 Å². The van der Waals surface area contributed by atoms with Gasteiger partial charge in [0.15, 0.2) is 0 Å². The van der Waals surface area contributed by atoms with Gasteiger partial charge < -0.3 is 4.74 Å². The van der Waals surface area contributed by atoms with E-state index in [9.17, 15) is 8.42 Å². The first-order valence-electron chi connectivity index (χ1n) is 4.54. The molecule has 0 bridgehead atoms. The monoisotopic (exact) mass is 220 g/mol. The minimum absolute atomic E-state index is 0.0204. The number of unbranched alkanes of at least 4 members (excludes halogenated alkanes) is 1. The van der Waals surface area contributed by atoms with Crippen molar-refractivity contribution in [3.63, 3.8) is 0 Å². The average Bonchev–Trinajstić information content (AvgIpc) is 2.13. The molecule has 0 radical (unpaired) electrons. The highest BCUT2D eigenvalue weighted by atomic mass is 32.2. The van der Waals surface area contributed by atoms with Gasteiger partial charge in [-0.2, -0.15) is 5.26 Å². The first kappa shape index (κ1) is 13.4. The average molecular weight is 220 g/mol. The van der Waals surface area contributed by atoms with Crippen LogP contribution >= 0.6 is 0 Å². The van der Waals surface area contributed by atoms with E-state index in [1.54, 1.807) is 0 Å². The Bertz CT molecular complexity index is 269. The molecule has 0 aliphatic rings. The number of nitriles is 1. The van der Waals surface area contributed by atoms with Crippen LogP contribution in [0.5, 0.6) is 0 Å². The Morgan fingerprint density at radius 1 is 1.50 bits per heavy atom. The molecule has 0 fully saturated rings. The van der Waals surface area contributed by atoms with Crippen molar-refractivity contribution in [1.82, 2.24) is 4.72 Å². The highest BCUT2D eigenvalue weighted by molar-refractivity contribution is 7.89. The lowest BCUT2D eigenvalue weighted by molar-refractivity contribution is 0.163. The van der Waals surface area contributed by atoms with E-state index in [4.69, 9.17) is 10.00 Å². The van der Waals surface area contributed by atoms with Crippen LogP contribution in [-0.2, 0) is 14.8 Å². The number of hydrogen-bond donors (Lipinski definition) is 1. The first-order valence-corrected chi connectivity index (χ1v) is 6.19. The molecule has 0 amide bonds. The molecular formula is C8H16N2O3S. The fourth-order valence-corrected chi connectivity index (χ4v) is 1.72. The maximum atomic E-state index is 11.2. The van der Waals surface area contributed by atoms with Gasteiger partial charge in [-0.15, -0.1) is 0 Å². The molecule has 0 rings (SSSR count). The van der Waals surface area contributed by atoms with Crippen molar-refractivity contribution in [3.8, 4) is 6.07 Å². The molecule has 0 aromatic rings. The van der Waals surface area contributed by atoms with Crippen LogP contribution < -0.4 is 4.72 Å². The van der Waals surface area contributed by atoms with Gasteiger partial charge in [0.25, 0.3) is 0 Å². The van der Waals surface area contributed by atoms with Crippen molar-refractivity contribution in [2.24, 2.45) is 0 Å². The minimum atomic E-state index is -3.22. The van der Waals surface area contributed by atoms with Gasteiger partial charge >= 0.3 is 0 Å². The highest BCUT2D eigenvalue weighted by Gasteiger charge is 2.08. The van der Waals surface area contributed by atoms with Crippen molar-refractivity contribution < 1.29 is 13.2 Å². The quantitative estimate of drug-likeness (QED) is 0.594. The van der Waals surface area contributed by atoms with Crippen molar-refractivity contribution in [1.29, 1.82) is 5.26 Å². The van der Waals surface area contributed by atoms with Crippen LogP contribution in [0.15, 0.2) is 0 Å². The van der Waals surface area contributed by atoms with Gasteiger partial charge in [0.2, 0.25) is 10.0 Å². The van der Waals surface area contributed by atoms with Gasteiger partial charge in [-0.05, 0) is 13.3 Å². The summed E-state index contributed by atoms with van der Waals surface area (Å²) in [6.45, 7) is 2.86. The molecule has 0 atom stereocenters. The van der Waals surface area contributed by atoms with Crippen LogP contribution in [0.2, 0.25) is 0 Å². The van der Waals surface area contributed by atoms with Crippen molar-refractivity contribution >= 4 is 10.0 Å². The highest BCUT2D eigenvalue weighted by Crippen LogP contribution is 1.89. The summed E-state index contributed by atoms with van der Waals surface area (Å²) < 4.78 is 29.7. The molecular weight excluding hydrogens is 204 g/mol. The van der Waals surface area contributed by atoms with E-state index in [1.807, 2.05) is 13.0 Å². The van der Waals surface area contributed by atoms with Crippen LogP contribution in [0.1, 0.15) is 19.8 Å². The summed E-state index contributed by atoms with van der Waals surface area (Å²) in [4.78, 5) is 0. The number of nitrogens with zero attached hydrogens (tertiary/aromatic N) is 1. The van der Waals surface area contributed by atoms with Crippen LogP contribution in [0, 0.1) is 11.3 Å². The minimum Gasteiger partial charge on any atom is -0.381 e. The second-order valence-corrected chi connectivity index (χ2v) is 4.60. The maximum absolute atomic E-state index is 11.2.